The van der Waals surface area contributed by atoms with Gasteiger partial charge in [-0.1, -0.05) is 23.7 Å². The number of carbonyl (C=O) groups is 2. The van der Waals surface area contributed by atoms with Crippen molar-refractivity contribution in [2.45, 2.75) is 13.3 Å². The topological polar surface area (TPSA) is 80.2 Å². The van der Waals surface area contributed by atoms with E-state index in [1.54, 1.807) is 48.7 Å². The maximum atomic E-state index is 12.4. The first kappa shape index (κ1) is 17.3. The number of thiophene rings is 1. The molecule has 0 aliphatic carbocycles. The number of carboxylic acids is 1. The van der Waals surface area contributed by atoms with Gasteiger partial charge in [0.2, 0.25) is 0 Å². The van der Waals surface area contributed by atoms with E-state index in [0.29, 0.717) is 21.2 Å². The number of rotatable bonds is 5. The second kappa shape index (κ2) is 7.13. The summed E-state index contributed by atoms with van der Waals surface area (Å²) in [4.78, 5) is 24.7. The van der Waals surface area contributed by atoms with Crippen molar-refractivity contribution in [3.8, 4) is 10.4 Å². The quantitative estimate of drug-likeness (QED) is 0.676. The largest absolute Gasteiger partial charge is 0.478 e. The van der Waals surface area contributed by atoms with E-state index >= 15 is 0 Å². The number of carbonyl (C=O) groups excluding carboxylic acids is 1. The van der Waals surface area contributed by atoms with Crippen LogP contribution in [0.5, 0.6) is 0 Å². The van der Waals surface area contributed by atoms with Crippen LogP contribution >= 0.6 is 22.9 Å². The smallest absolute Gasteiger partial charge is 0.337 e. The van der Waals surface area contributed by atoms with Crippen molar-refractivity contribution in [1.82, 2.24) is 10.2 Å². The van der Waals surface area contributed by atoms with Gasteiger partial charge < -0.3 is 5.11 Å². The molecule has 0 aliphatic rings. The first-order chi connectivity index (χ1) is 12.0. The molecule has 25 heavy (non-hydrogen) atoms. The van der Waals surface area contributed by atoms with Crippen LogP contribution in [0.3, 0.4) is 0 Å². The van der Waals surface area contributed by atoms with Crippen molar-refractivity contribution in [1.29, 1.82) is 0 Å². The highest BCUT2D eigenvalue weighted by Gasteiger charge is 2.22. The van der Waals surface area contributed by atoms with Gasteiger partial charge in [0, 0.05) is 16.3 Å². The molecule has 0 saturated heterocycles. The molecule has 0 saturated carbocycles. The van der Waals surface area contributed by atoms with E-state index in [9.17, 15) is 14.7 Å². The SMILES string of the molecule is Cc1ccc(C(=O)Cc2csc(-c3ccc(Cl)cc3)c2C(=O)O)nn1. The van der Waals surface area contributed by atoms with E-state index < -0.39 is 5.97 Å². The van der Waals surface area contributed by atoms with E-state index in [-0.39, 0.29) is 23.5 Å². The zero-order valence-corrected chi connectivity index (χ0v) is 14.8. The molecule has 3 rings (SSSR count). The van der Waals surface area contributed by atoms with Crippen LogP contribution in [0.25, 0.3) is 10.4 Å². The highest BCUT2D eigenvalue weighted by atomic mass is 35.5. The number of hydrogen-bond donors (Lipinski definition) is 1. The summed E-state index contributed by atoms with van der Waals surface area (Å²) in [5, 5.41) is 19.6. The zero-order chi connectivity index (χ0) is 18.0. The van der Waals surface area contributed by atoms with Gasteiger partial charge in [-0.3, -0.25) is 4.79 Å². The molecule has 2 aromatic heterocycles. The third kappa shape index (κ3) is 3.75. The molecular formula is C18H13ClN2O3S. The normalized spacial score (nSPS) is 10.6. The lowest BCUT2D eigenvalue weighted by molar-refractivity contribution is 0.0697. The molecule has 0 unspecified atom stereocenters. The van der Waals surface area contributed by atoms with Crippen molar-refractivity contribution in [3.05, 3.63) is 69.3 Å². The first-order valence-corrected chi connectivity index (χ1v) is 8.64. The average Bonchev–Trinajstić information content (AvgIpc) is 3.00. The van der Waals surface area contributed by atoms with Gasteiger partial charge in [-0.15, -0.1) is 16.4 Å². The number of ketones is 1. The Bertz CT molecular complexity index is 934. The van der Waals surface area contributed by atoms with E-state index in [4.69, 9.17) is 11.6 Å². The predicted molar refractivity (Wildman–Crippen MR) is 96.5 cm³/mol. The van der Waals surface area contributed by atoms with E-state index in [0.717, 1.165) is 5.56 Å². The summed E-state index contributed by atoms with van der Waals surface area (Å²) in [7, 11) is 0. The molecule has 0 radical (unpaired) electrons. The van der Waals surface area contributed by atoms with Crippen molar-refractivity contribution in [3.63, 3.8) is 0 Å². The van der Waals surface area contributed by atoms with Crippen LogP contribution in [0.2, 0.25) is 5.02 Å². The average molecular weight is 373 g/mol. The van der Waals surface area contributed by atoms with E-state index in [1.165, 1.54) is 11.3 Å². The van der Waals surface area contributed by atoms with Crippen LogP contribution in [-0.4, -0.2) is 27.1 Å². The Labute approximate surface area is 152 Å². The van der Waals surface area contributed by atoms with Crippen LogP contribution in [0, 0.1) is 6.92 Å². The van der Waals surface area contributed by atoms with Gasteiger partial charge in [-0.25, -0.2) is 4.79 Å². The second-order valence-electron chi connectivity index (χ2n) is 5.44. The fourth-order valence-corrected chi connectivity index (χ4v) is 3.58. The summed E-state index contributed by atoms with van der Waals surface area (Å²) in [5.41, 5.74) is 2.29. The number of halogens is 1. The Morgan fingerprint density at radius 1 is 1.12 bits per heavy atom. The molecule has 7 heteroatoms. The summed E-state index contributed by atoms with van der Waals surface area (Å²) in [6.45, 7) is 1.78. The van der Waals surface area contributed by atoms with Crippen LogP contribution in [0.15, 0.2) is 41.8 Å². The number of hydrogen-bond acceptors (Lipinski definition) is 5. The van der Waals surface area contributed by atoms with E-state index in [2.05, 4.69) is 10.2 Å². The molecule has 0 bridgehead atoms. The predicted octanol–water partition coefficient (Wildman–Crippen LogP) is 4.29. The second-order valence-corrected chi connectivity index (χ2v) is 6.75. The molecule has 126 valence electrons. The summed E-state index contributed by atoms with van der Waals surface area (Å²) < 4.78 is 0. The number of Topliss-reactive ketones (excluding diaryl/α,β-unsaturated/α-hetero) is 1. The van der Waals surface area contributed by atoms with Crippen LogP contribution in [-0.2, 0) is 6.42 Å². The van der Waals surface area contributed by atoms with Crippen molar-refractivity contribution in [2.24, 2.45) is 0 Å². The minimum Gasteiger partial charge on any atom is -0.478 e. The number of aromatic carboxylic acids is 1. The minimum atomic E-state index is -1.07. The molecule has 0 atom stereocenters. The van der Waals surface area contributed by atoms with Gasteiger partial charge in [-0.05, 0) is 47.7 Å². The molecule has 1 aromatic carbocycles. The molecule has 3 aromatic rings. The molecule has 0 aliphatic heterocycles. The summed E-state index contributed by atoms with van der Waals surface area (Å²) in [5.74, 6) is -1.33. The minimum absolute atomic E-state index is 0.0382. The maximum Gasteiger partial charge on any atom is 0.337 e. The molecular weight excluding hydrogens is 360 g/mol. The third-order valence-electron chi connectivity index (χ3n) is 3.62. The van der Waals surface area contributed by atoms with Crippen molar-refractivity contribution in [2.75, 3.05) is 0 Å². The monoisotopic (exact) mass is 372 g/mol. The van der Waals surface area contributed by atoms with Gasteiger partial charge >= 0.3 is 5.97 Å². The molecule has 0 spiro atoms. The Morgan fingerprint density at radius 3 is 2.44 bits per heavy atom. The Kier molecular flexibility index (Phi) is 4.92. The Hall–Kier alpha value is -2.57. The number of carboxylic acid groups (broad SMARTS) is 1. The number of aromatic nitrogens is 2. The zero-order valence-electron chi connectivity index (χ0n) is 13.2. The molecule has 2 heterocycles. The lowest BCUT2D eigenvalue weighted by Crippen LogP contribution is -2.10. The highest BCUT2D eigenvalue weighted by molar-refractivity contribution is 7.14. The van der Waals surface area contributed by atoms with Crippen molar-refractivity contribution < 1.29 is 14.7 Å². The Morgan fingerprint density at radius 2 is 1.84 bits per heavy atom. The maximum absolute atomic E-state index is 12.4. The molecule has 1 N–H and O–H groups in total. The number of nitrogens with zero attached hydrogens (tertiary/aromatic N) is 2. The number of benzene rings is 1. The highest BCUT2D eigenvalue weighted by Crippen LogP contribution is 2.34. The molecule has 5 nitrogen and oxygen atoms in total. The Balaban J connectivity index is 1.94. The molecule has 0 fully saturated rings. The fourth-order valence-electron chi connectivity index (χ4n) is 2.38. The summed E-state index contributed by atoms with van der Waals surface area (Å²) >= 11 is 7.17. The molecule has 0 amide bonds. The summed E-state index contributed by atoms with van der Waals surface area (Å²) in [6, 6.07) is 10.2. The van der Waals surface area contributed by atoms with Gasteiger partial charge in [0.1, 0.15) is 5.69 Å². The van der Waals surface area contributed by atoms with Gasteiger partial charge in [0.25, 0.3) is 0 Å². The first-order valence-electron chi connectivity index (χ1n) is 7.39. The third-order valence-corrected chi connectivity index (χ3v) is 4.95. The lowest BCUT2D eigenvalue weighted by atomic mass is 10.0. The van der Waals surface area contributed by atoms with E-state index in [1.807, 2.05) is 0 Å². The summed E-state index contributed by atoms with van der Waals surface area (Å²) in [6.07, 6.45) is -0.0382. The fraction of sp³-hybridized carbons (Fsp3) is 0.111. The lowest BCUT2D eigenvalue weighted by Gasteiger charge is -2.04. The van der Waals surface area contributed by atoms with Gasteiger partial charge in [0.05, 0.1) is 11.3 Å². The van der Waals surface area contributed by atoms with Gasteiger partial charge in [0.15, 0.2) is 5.78 Å². The van der Waals surface area contributed by atoms with Gasteiger partial charge in [-0.2, -0.15) is 5.10 Å². The standard InChI is InChI=1S/C18H13ClN2O3S/c1-10-2-7-14(21-20-10)15(22)8-12-9-25-17(16(12)18(23)24)11-3-5-13(19)6-4-11/h2-7,9H,8H2,1H3,(H,23,24). The van der Waals surface area contributed by atoms with Crippen LogP contribution in [0.4, 0.5) is 0 Å². The number of aryl methyl sites for hydroxylation is 1. The van der Waals surface area contributed by atoms with Crippen molar-refractivity contribution >= 4 is 34.7 Å². The van der Waals surface area contributed by atoms with Crippen LogP contribution < -0.4 is 0 Å². The van der Waals surface area contributed by atoms with Crippen LogP contribution in [0.1, 0.15) is 32.1 Å².